The van der Waals surface area contributed by atoms with Crippen LogP contribution in [0, 0.1) is 5.92 Å². The number of amidine groups is 1. The summed E-state index contributed by atoms with van der Waals surface area (Å²) >= 11 is 9.26. The quantitative estimate of drug-likeness (QED) is 0.915. The molecule has 2 aromatic rings. The first-order valence-corrected chi connectivity index (χ1v) is 8.51. The third-order valence-electron chi connectivity index (χ3n) is 3.06. The van der Waals surface area contributed by atoms with Crippen molar-refractivity contribution in [3.8, 4) is 0 Å². The van der Waals surface area contributed by atoms with E-state index in [0.717, 1.165) is 28.4 Å². The lowest BCUT2D eigenvalue weighted by Gasteiger charge is -2.12. The highest BCUT2D eigenvalue weighted by Gasteiger charge is 2.22. The van der Waals surface area contributed by atoms with Gasteiger partial charge in [-0.25, -0.2) is 0 Å². The van der Waals surface area contributed by atoms with Gasteiger partial charge in [-0.05, 0) is 24.5 Å². The van der Waals surface area contributed by atoms with E-state index >= 15 is 0 Å². The summed E-state index contributed by atoms with van der Waals surface area (Å²) in [5.74, 6) is 0.691. The van der Waals surface area contributed by atoms with Crippen LogP contribution in [0.25, 0.3) is 11.0 Å². The van der Waals surface area contributed by atoms with E-state index in [-0.39, 0.29) is 0 Å². The molecular formula is C13H15ClN4S2. The molecule has 20 heavy (non-hydrogen) atoms. The lowest BCUT2D eigenvalue weighted by Crippen LogP contribution is -2.10. The minimum Gasteiger partial charge on any atom is -0.332 e. The summed E-state index contributed by atoms with van der Waals surface area (Å²) in [5.41, 5.74) is 2.50. The summed E-state index contributed by atoms with van der Waals surface area (Å²) in [6, 6.07) is 3.73. The molecule has 106 valence electrons. The Hall–Kier alpha value is -0.850. The fourth-order valence-electron chi connectivity index (χ4n) is 2.19. The summed E-state index contributed by atoms with van der Waals surface area (Å²) in [7, 11) is 0. The van der Waals surface area contributed by atoms with Gasteiger partial charge in [0.25, 0.3) is 0 Å². The monoisotopic (exact) mass is 326 g/mol. The van der Waals surface area contributed by atoms with E-state index < -0.39 is 0 Å². The van der Waals surface area contributed by atoms with Gasteiger partial charge in [0.2, 0.25) is 0 Å². The predicted octanol–water partition coefficient (Wildman–Crippen LogP) is 4.27. The number of halogens is 1. The van der Waals surface area contributed by atoms with Crippen LogP contribution in [0.4, 0.5) is 5.69 Å². The van der Waals surface area contributed by atoms with Gasteiger partial charge in [0, 0.05) is 5.25 Å². The number of benzene rings is 1. The third-order valence-corrected chi connectivity index (χ3v) is 5.05. The van der Waals surface area contributed by atoms with E-state index in [4.69, 9.17) is 11.6 Å². The first-order valence-electron chi connectivity index (χ1n) is 6.52. The number of aliphatic imine (C=N–C) groups is 1. The Morgan fingerprint density at radius 3 is 3.05 bits per heavy atom. The topological polar surface area (TPSA) is 50.2 Å². The first kappa shape index (κ1) is 14.1. The maximum atomic E-state index is 6.27. The third kappa shape index (κ3) is 2.92. The van der Waals surface area contributed by atoms with Gasteiger partial charge in [-0.15, -0.1) is 0 Å². The molecule has 1 atom stereocenters. The molecule has 1 aliphatic rings. The largest absolute Gasteiger partial charge is 0.332 e. The molecule has 1 unspecified atom stereocenters. The molecule has 0 bridgehead atoms. The molecule has 0 saturated carbocycles. The highest BCUT2D eigenvalue weighted by atomic mass is 35.5. The summed E-state index contributed by atoms with van der Waals surface area (Å²) in [6.07, 6.45) is 1.18. The van der Waals surface area contributed by atoms with Crippen molar-refractivity contribution in [3.05, 3.63) is 17.2 Å². The Morgan fingerprint density at radius 1 is 1.40 bits per heavy atom. The van der Waals surface area contributed by atoms with Crippen LogP contribution in [0.2, 0.25) is 5.02 Å². The van der Waals surface area contributed by atoms with Gasteiger partial charge in [0.05, 0.1) is 29.0 Å². The van der Waals surface area contributed by atoms with Crippen molar-refractivity contribution in [1.82, 2.24) is 8.75 Å². The van der Waals surface area contributed by atoms with Crippen LogP contribution in [0.15, 0.2) is 17.1 Å². The molecule has 0 saturated heterocycles. The van der Waals surface area contributed by atoms with Crippen molar-refractivity contribution < 1.29 is 0 Å². The van der Waals surface area contributed by atoms with E-state index in [1.54, 1.807) is 11.8 Å². The van der Waals surface area contributed by atoms with E-state index in [0.29, 0.717) is 16.2 Å². The normalized spacial score (nSPS) is 18.8. The van der Waals surface area contributed by atoms with Gasteiger partial charge in [-0.2, -0.15) is 8.75 Å². The van der Waals surface area contributed by atoms with Crippen LogP contribution >= 0.6 is 35.1 Å². The molecule has 1 aromatic carbocycles. The van der Waals surface area contributed by atoms with Crippen molar-refractivity contribution in [2.24, 2.45) is 10.9 Å². The molecule has 1 aromatic heterocycles. The van der Waals surface area contributed by atoms with Crippen molar-refractivity contribution >= 4 is 57.0 Å². The number of aromatic nitrogens is 2. The van der Waals surface area contributed by atoms with Crippen LogP contribution in [0.5, 0.6) is 0 Å². The number of anilines is 1. The lowest BCUT2D eigenvalue weighted by atomic mass is 10.1. The molecule has 4 nitrogen and oxygen atoms in total. The molecule has 0 aliphatic carbocycles. The zero-order valence-electron chi connectivity index (χ0n) is 11.3. The van der Waals surface area contributed by atoms with Gasteiger partial charge >= 0.3 is 0 Å². The molecular weight excluding hydrogens is 312 g/mol. The molecule has 0 fully saturated rings. The Morgan fingerprint density at radius 2 is 2.25 bits per heavy atom. The van der Waals surface area contributed by atoms with Gasteiger partial charge in [0.1, 0.15) is 11.0 Å². The maximum Gasteiger partial charge on any atom is 0.161 e. The highest BCUT2D eigenvalue weighted by Crippen LogP contribution is 2.33. The predicted molar refractivity (Wildman–Crippen MR) is 89.2 cm³/mol. The van der Waals surface area contributed by atoms with Gasteiger partial charge in [-0.1, -0.05) is 37.2 Å². The summed E-state index contributed by atoms with van der Waals surface area (Å²) in [4.78, 5) is 4.56. The Labute approximate surface area is 131 Å². The van der Waals surface area contributed by atoms with E-state index in [2.05, 4.69) is 32.9 Å². The van der Waals surface area contributed by atoms with Gasteiger partial charge in [-0.3, -0.25) is 4.99 Å². The fraction of sp³-hybridized carbons (Fsp3) is 0.462. The van der Waals surface area contributed by atoms with E-state index in [9.17, 15) is 0 Å². The van der Waals surface area contributed by atoms with Gasteiger partial charge in [0.15, 0.2) is 5.17 Å². The summed E-state index contributed by atoms with van der Waals surface area (Å²) < 4.78 is 8.54. The van der Waals surface area contributed by atoms with Crippen LogP contribution in [-0.4, -0.2) is 25.7 Å². The summed E-state index contributed by atoms with van der Waals surface area (Å²) in [5, 5.41) is 5.47. The zero-order valence-corrected chi connectivity index (χ0v) is 13.6. The van der Waals surface area contributed by atoms with Crippen LogP contribution < -0.4 is 5.32 Å². The number of fused-ring (bicyclic) bond motifs is 1. The zero-order chi connectivity index (χ0) is 14.1. The molecule has 2 heterocycles. The molecule has 1 N–H and O–H groups in total. The fourth-order valence-corrected chi connectivity index (χ4v) is 4.19. The molecule has 1 aliphatic heterocycles. The van der Waals surface area contributed by atoms with Crippen molar-refractivity contribution in [2.75, 3.05) is 11.9 Å². The van der Waals surface area contributed by atoms with Crippen molar-refractivity contribution in [2.45, 2.75) is 25.5 Å². The number of hydrogen-bond donors (Lipinski definition) is 1. The molecule has 0 radical (unpaired) electrons. The number of thioether (sulfide) groups is 1. The second kappa shape index (κ2) is 5.87. The van der Waals surface area contributed by atoms with Crippen molar-refractivity contribution in [1.29, 1.82) is 0 Å². The first-order chi connectivity index (χ1) is 9.63. The SMILES string of the molecule is CC(C)CC1CN=C(Nc2c(Cl)ccc3nsnc23)S1. The van der Waals surface area contributed by atoms with Crippen LogP contribution in [0.1, 0.15) is 20.3 Å². The molecule has 0 spiro atoms. The maximum absolute atomic E-state index is 6.27. The number of nitrogens with one attached hydrogen (secondary N) is 1. The summed E-state index contributed by atoms with van der Waals surface area (Å²) in [6.45, 7) is 5.35. The Balaban J connectivity index is 1.77. The number of hydrogen-bond acceptors (Lipinski definition) is 6. The average Bonchev–Trinajstić information content (AvgIpc) is 3.01. The Bertz CT molecular complexity index is 653. The van der Waals surface area contributed by atoms with Crippen LogP contribution in [-0.2, 0) is 0 Å². The number of nitrogens with zero attached hydrogens (tertiary/aromatic N) is 3. The standard InChI is InChI=1S/C13H15ClN4S2/c1-7(2)5-8-6-15-13(19-8)16-11-9(14)3-4-10-12(11)18-20-17-10/h3-4,7-8H,5-6H2,1-2H3,(H,15,16). The molecule has 3 rings (SSSR count). The van der Waals surface area contributed by atoms with Gasteiger partial charge < -0.3 is 5.32 Å². The minimum atomic E-state index is 0.559. The smallest absolute Gasteiger partial charge is 0.161 e. The highest BCUT2D eigenvalue weighted by molar-refractivity contribution is 8.15. The second-order valence-electron chi connectivity index (χ2n) is 5.19. The molecule has 0 amide bonds. The Kier molecular flexibility index (Phi) is 4.14. The van der Waals surface area contributed by atoms with Crippen LogP contribution in [0.3, 0.4) is 0 Å². The van der Waals surface area contributed by atoms with E-state index in [1.807, 2.05) is 12.1 Å². The lowest BCUT2D eigenvalue weighted by molar-refractivity contribution is 0.575. The van der Waals surface area contributed by atoms with Crippen molar-refractivity contribution in [3.63, 3.8) is 0 Å². The average molecular weight is 327 g/mol. The second-order valence-corrected chi connectivity index (χ2v) is 7.42. The molecule has 7 heteroatoms. The van der Waals surface area contributed by atoms with E-state index in [1.165, 1.54) is 18.1 Å². The minimum absolute atomic E-state index is 0.559. The number of rotatable bonds is 3.